The average molecular weight is 770 g/mol. The van der Waals surface area contributed by atoms with E-state index in [-0.39, 0.29) is 53.3 Å². The molecule has 0 radical (unpaired) electrons. The number of hydrogen-bond donors (Lipinski definition) is 4. The van der Waals surface area contributed by atoms with Crippen molar-refractivity contribution in [1.29, 1.82) is 0 Å². The summed E-state index contributed by atoms with van der Waals surface area (Å²) in [4.78, 5) is 92.5. The molecule has 5 aliphatic heterocycles. The van der Waals surface area contributed by atoms with Crippen LogP contribution in [0.2, 0.25) is 0 Å². The van der Waals surface area contributed by atoms with Crippen molar-refractivity contribution in [1.82, 2.24) is 34.8 Å². The molecule has 288 valence electrons. The number of aromatic nitrogens is 3. The van der Waals surface area contributed by atoms with Crippen LogP contribution in [0.5, 0.6) is 0 Å². The summed E-state index contributed by atoms with van der Waals surface area (Å²) in [5.41, 5.74) is 7.89. The van der Waals surface area contributed by atoms with Crippen molar-refractivity contribution in [2.45, 2.75) is 57.5 Å². The number of aryl methyl sites for hydroxylation is 1. The number of rotatable bonds is 10. The second-order valence-corrected chi connectivity index (χ2v) is 15.9. The van der Waals surface area contributed by atoms with Gasteiger partial charge in [0.25, 0.3) is 17.7 Å². The summed E-state index contributed by atoms with van der Waals surface area (Å²) in [6.07, 6.45) is 5.07. The van der Waals surface area contributed by atoms with Gasteiger partial charge in [-0.3, -0.25) is 39.0 Å². The van der Waals surface area contributed by atoms with Gasteiger partial charge >= 0.3 is 0 Å². The van der Waals surface area contributed by atoms with E-state index in [1.807, 2.05) is 19.1 Å². The summed E-state index contributed by atoms with van der Waals surface area (Å²) in [5, 5.41) is 9.39. The first-order valence-electron chi connectivity index (χ1n) is 18.8. The van der Waals surface area contributed by atoms with Gasteiger partial charge in [0.15, 0.2) is 11.5 Å². The van der Waals surface area contributed by atoms with Gasteiger partial charge in [0.2, 0.25) is 17.7 Å². The number of hydrogen-bond acceptors (Lipinski definition) is 14. The molecule has 4 fully saturated rings. The number of likely N-dealkylation sites (tertiary alicyclic amines) is 1. The molecule has 2 unspecified atom stereocenters. The maximum Gasteiger partial charge on any atom is 0.271 e. The van der Waals surface area contributed by atoms with Gasteiger partial charge in [0.1, 0.15) is 16.9 Å². The maximum absolute atomic E-state index is 13.4. The van der Waals surface area contributed by atoms with Gasteiger partial charge < -0.3 is 31.1 Å². The Balaban J connectivity index is 0.794. The first kappa shape index (κ1) is 36.5. The van der Waals surface area contributed by atoms with E-state index in [2.05, 4.69) is 40.0 Å². The topological polar surface area (TPSA) is 216 Å². The summed E-state index contributed by atoms with van der Waals surface area (Å²) < 4.78 is 4.27. The summed E-state index contributed by atoms with van der Waals surface area (Å²) in [6.45, 7) is 7.44. The Morgan fingerprint density at radius 2 is 1.75 bits per heavy atom. The van der Waals surface area contributed by atoms with Gasteiger partial charge in [-0.1, -0.05) is 0 Å². The van der Waals surface area contributed by atoms with E-state index < -0.39 is 35.6 Å². The number of benzene rings is 1. The van der Waals surface area contributed by atoms with Crippen molar-refractivity contribution < 1.29 is 28.8 Å². The summed E-state index contributed by atoms with van der Waals surface area (Å²) >= 11 is 1.26. The van der Waals surface area contributed by atoms with Crippen LogP contribution in [0.15, 0.2) is 30.5 Å². The molecule has 0 saturated carbocycles. The number of primary amides is 1. The minimum Gasteiger partial charge on any atom is -0.371 e. The highest BCUT2D eigenvalue weighted by atomic mass is 32.1. The average Bonchev–Trinajstić information content (AvgIpc) is 3.67. The zero-order valence-corrected chi connectivity index (χ0v) is 31.3. The molecule has 4 saturated heterocycles. The lowest BCUT2D eigenvalue weighted by Crippen LogP contribution is -2.54. The highest BCUT2D eigenvalue weighted by molar-refractivity contribution is 7.10. The molecule has 1 aromatic carbocycles. The Labute approximate surface area is 321 Å². The monoisotopic (exact) mass is 769 g/mol. The van der Waals surface area contributed by atoms with Crippen molar-refractivity contribution in [3.63, 3.8) is 0 Å². The van der Waals surface area contributed by atoms with Gasteiger partial charge in [-0.15, -0.1) is 0 Å². The van der Waals surface area contributed by atoms with Crippen LogP contribution >= 0.6 is 11.5 Å². The van der Waals surface area contributed by atoms with Crippen molar-refractivity contribution >= 4 is 69.3 Å². The lowest BCUT2D eigenvalue weighted by molar-refractivity contribution is -0.136. The molecule has 3 aromatic rings. The summed E-state index contributed by atoms with van der Waals surface area (Å²) in [6, 6.07) is 6.07. The van der Waals surface area contributed by atoms with Gasteiger partial charge in [0, 0.05) is 62.7 Å². The van der Waals surface area contributed by atoms with Crippen LogP contribution in [0.25, 0.3) is 0 Å². The first-order chi connectivity index (χ1) is 26.5. The fraction of sp³-hybridized carbons (Fsp3) is 0.486. The van der Waals surface area contributed by atoms with Crippen LogP contribution < -0.4 is 31.5 Å². The molecule has 0 spiro atoms. The third-order valence-corrected chi connectivity index (χ3v) is 12.0. The van der Waals surface area contributed by atoms with Crippen molar-refractivity contribution in [2.75, 3.05) is 60.9 Å². The van der Waals surface area contributed by atoms with E-state index in [0.717, 1.165) is 86.2 Å². The van der Waals surface area contributed by atoms with Crippen LogP contribution in [0.1, 0.15) is 75.4 Å². The SMILES string of the molecule is Cc1cc(Nc2nc(N3CCCC(NC(=O)C4CCN(CC5CN(c6ccc7c(c6)C(=O)N(C6CCC(=O)NC6=O)C7=O)C5)CC4)C3)cnc2C(N)=O)sn1. The number of nitrogens with two attached hydrogens (primary N) is 1. The molecule has 17 nitrogen and oxygen atoms in total. The molecular formula is C37H43N11O6S. The fourth-order valence-corrected chi connectivity index (χ4v) is 8.92. The van der Waals surface area contributed by atoms with Gasteiger partial charge in [0.05, 0.1) is 23.0 Å². The lowest BCUT2D eigenvalue weighted by atomic mass is 9.92. The Kier molecular flexibility index (Phi) is 9.93. The molecule has 7 heterocycles. The van der Waals surface area contributed by atoms with E-state index in [0.29, 0.717) is 18.3 Å². The zero-order valence-electron chi connectivity index (χ0n) is 30.5. The van der Waals surface area contributed by atoms with E-state index in [4.69, 9.17) is 10.7 Å². The molecule has 2 aromatic heterocycles. The number of anilines is 4. The van der Waals surface area contributed by atoms with Gasteiger partial charge in [-0.25, -0.2) is 9.97 Å². The highest BCUT2D eigenvalue weighted by Crippen LogP contribution is 2.34. The molecular weight excluding hydrogens is 727 g/mol. The van der Waals surface area contributed by atoms with Crippen molar-refractivity contribution in [3.05, 3.63) is 53.0 Å². The van der Waals surface area contributed by atoms with Crippen LogP contribution in [0.3, 0.4) is 0 Å². The third kappa shape index (κ3) is 7.47. The quantitative estimate of drug-likeness (QED) is 0.215. The molecule has 0 bridgehead atoms. The molecule has 5 N–H and O–H groups in total. The molecule has 18 heteroatoms. The predicted molar refractivity (Wildman–Crippen MR) is 202 cm³/mol. The molecule has 8 rings (SSSR count). The number of imide groups is 2. The predicted octanol–water partition coefficient (Wildman–Crippen LogP) is 1.42. The lowest BCUT2D eigenvalue weighted by Gasteiger charge is -2.44. The summed E-state index contributed by atoms with van der Waals surface area (Å²) in [5.74, 6) is -1.36. The number of piperidine rings is 3. The van der Waals surface area contributed by atoms with Crippen LogP contribution in [0, 0.1) is 18.8 Å². The van der Waals surface area contributed by atoms with E-state index in [1.165, 1.54) is 11.5 Å². The van der Waals surface area contributed by atoms with E-state index >= 15 is 0 Å². The second-order valence-electron chi connectivity index (χ2n) is 15.1. The van der Waals surface area contributed by atoms with Crippen molar-refractivity contribution in [2.24, 2.45) is 17.6 Å². The Bertz CT molecular complexity index is 2060. The number of amides is 6. The van der Waals surface area contributed by atoms with E-state index in [9.17, 15) is 28.8 Å². The fourth-order valence-electron chi connectivity index (χ4n) is 8.26. The standard InChI is InChI=1S/C37H43N11O6S/c1-20-13-30(55-44-20)43-33-31(32(38)50)39-15-28(41-33)46-10-2-3-23(19-46)40-34(51)22-8-11-45(12-9-22)16-21-17-47(18-21)24-4-5-25-26(14-24)37(54)48(36(25)53)27-6-7-29(49)42-35(27)52/h4-5,13-15,21-23,27H,2-3,6-12,16-19H2,1H3,(H2,38,50)(H,40,51)(H,41,43)(H,42,49,52). The minimum absolute atomic E-state index is 0.0356. The van der Waals surface area contributed by atoms with Crippen LogP contribution in [-0.4, -0.2) is 117 Å². The minimum atomic E-state index is -0.984. The Hall–Kier alpha value is -5.49. The van der Waals surface area contributed by atoms with Gasteiger partial charge in [-0.05, 0) is 87.9 Å². The number of fused-ring (bicyclic) bond motifs is 1. The largest absolute Gasteiger partial charge is 0.371 e. The first-order valence-corrected chi connectivity index (χ1v) is 19.5. The smallest absolute Gasteiger partial charge is 0.271 e. The molecule has 5 aliphatic rings. The number of nitrogens with one attached hydrogen (secondary N) is 3. The van der Waals surface area contributed by atoms with Crippen molar-refractivity contribution in [3.8, 4) is 0 Å². The van der Waals surface area contributed by atoms with Crippen LogP contribution in [0.4, 0.5) is 22.3 Å². The third-order valence-electron chi connectivity index (χ3n) is 11.2. The molecule has 2 atom stereocenters. The molecule has 6 amide bonds. The number of carbonyl (C=O) groups is 6. The Morgan fingerprint density at radius 3 is 2.47 bits per heavy atom. The normalized spacial score (nSPS) is 22.4. The molecule has 55 heavy (non-hydrogen) atoms. The maximum atomic E-state index is 13.4. The van der Waals surface area contributed by atoms with Gasteiger partial charge in [-0.2, -0.15) is 4.37 Å². The number of nitrogens with zero attached hydrogens (tertiary/aromatic N) is 7. The molecule has 0 aliphatic carbocycles. The Morgan fingerprint density at radius 1 is 0.964 bits per heavy atom. The van der Waals surface area contributed by atoms with E-state index in [1.54, 1.807) is 18.3 Å². The van der Waals surface area contributed by atoms with Crippen LogP contribution in [-0.2, 0) is 14.4 Å². The summed E-state index contributed by atoms with van der Waals surface area (Å²) in [7, 11) is 0. The highest BCUT2D eigenvalue weighted by Gasteiger charge is 2.45. The number of carbonyl (C=O) groups excluding carboxylic acids is 6. The zero-order chi connectivity index (χ0) is 38.4. The second kappa shape index (κ2) is 15.0.